The van der Waals surface area contributed by atoms with Crippen molar-refractivity contribution in [1.29, 1.82) is 0 Å². The fourth-order valence-electron chi connectivity index (χ4n) is 6.19. The standard InChI is InChI=1S/C30H34N8/c1-4-8-38(9-5-1)28-19-33-18-27-24(28)12-26(35-27)29-25-11-23(17-34-30(25)37-36-29)22-10-21(15-32-16-22)14-31-13-20-6-2-3-7-20/h10-12,15-20,31,35H,1-9,13-14H2,(H,34,36,37). The second-order valence-electron chi connectivity index (χ2n) is 10.9. The summed E-state index contributed by atoms with van der Waals surface area (Å²) in [7, 11) is 0. The molecule has 1 aliphatic heterocycles. The molecule has 1 saturated heterocycles. The molecule has 8 nitrogen and oxygen atoms in total. The lowest BCUT2D eigenvalue weighted by atomic mass is 10.1. The molecule has 5 aromatic rings. The fourth-order valence-corrected chi connectivity index (χ4v) is 6.19. The summed E-state index contributed by atoms with van der Waals surface area (Å²) in [5.41, 5.74) is 8.16. The van der Waals surface area contributed by atoms with Crippen LogP contribution >= 0.6 is 0 Å². The third kappa shape index (κ3) is 4.53. The molecule has 0 amide bonds. The number of rotatable bonds is 7. The molecular weight excluding hydrogens is 472 g/mol. The summed E-state index contributed by atoms with van der Waals surface area (Å²) in [6.07, 6.45) is 18.9. The minimum Gasteiger partial charge on any atom is -0.370 e. The normalized spacial score (nSPS) is 16.7. The van der Waals surface area contributed by atoms with Gasteiger partial charge < -0.3 is 15.2 Å². The van der Waals surface area contributed by atoms with Crippen molar-refractivity contribution in [1.82, 2.24) is 35.5 Å². The van der Waals surface area contributed by atoms with Crippen molar-refractivity contribution in [3.8, 4) is 22.5 Å². The van der Waals surface area contributed by atoms with Gasteiger partial charge in [-0.2, -0.15) is 5.10 Å². The highest BCUT2D eigenvalue weighted by molar-refractivity contribution is 5.99. The molecule has 8 heteroatoms. The molecule has 6 heterocycles. The van der Waals surface area contributed by atoms with Gasteiger partial charge in [-0.15, -0.1) is 0 Å². The predicted molar refractivity (Wildman–Crippen MR) is 152 cm³/mol. The third-order valence-corrected chi connectivity index (χ3v) is 8.26. The Hall–Kier alpha value is -3.78. The van der Waals surface area contributed by atoms with Crippen molar-refractivity contribution < 1.29 is 0 Å². The minimum absolute atomic E-state index is 0.777. The number of hydrogen-bond donors (Lipinski definition) is 3. The topological polar surface area (TPSA) is 98.4 Å². The molecule has 5 aromatic heterocycles. The van der Waals surface area contributed by atoms with Crippen LogP contribution in [0.1, 0.15) is 50.5 Å². The van der Waals surface area contributed by atoms with Crippen molar-refractivity contribution in [3.63, 3.8) is 0 Å². The lowest BCUT2D eigenvalue weighted by Crippen LogP contribution is -2.29. The first-order valence-corrected chi connectivity index (χ1v) is 14.0. The Morgan fingerprint density at radius 1 is 0.842 bits per heavy atom. The molecule has 2 aliphatic rings. The molecule has 0 unspecified atom stereocenters. The zero-order chi connectivity index (χ0) is 25.3. The Kier molecular flexibility index (Phi) is 6.25. The van der Waals surface area contributed by atoms with Crippen LogP contribution in [-0.4, -0.2) is 49.8 Å². The maximum Gasteiger partial charge on any atom is 0.155 e. The first kappa shape index (κ1) is 23.3. The second kappa shape index (κ2) is 10.2. The Morgan fingerprint density at radius 3 is 2.58 bits per heavy atom. The van der Waals surface area contributed by atoms with E-state index >= 15 is 0 Å². The Balaban J connectivity index is 1.18. The van der Waals surface area contributed by atoms with Gasteiger partial charge >= 0.3 is 0 Å². The number of H-pyrrole nitrogens is 2. The van der Waals surface area contributed by atoms with Crippen LogP contribution in [0.4, 0.5) is 5.69 Å². The van der Waals surface area contributed by atoms with E-state index in [1.165, 1.54) is 61.6 Å². The van der Waals surface area contributed by atoms with Crippen molar-refractivity contribution in [2.24, 2.45) is 5.92 Å². The van der Waals surface area contributed by atoms with Gasteiger partial charge in [-0.25, -0.2) is 4.98 Å². The Bertz CT molecular complexity index is 1560. The molecule has 0 atom stereocenters. The fraction of sp³-hybridized carbons (Fsp3) is 0.400. The van der Waals surface area contributed by atoms with E-state index < -0.39 is 0 Å². The first-order chi connectivity index (χ1) is 18.8. The van der Waals surface area contributed by atoms with E-state index in [1.807, 2.05) is 31.0 Å². The average Bonchev–Trinajstić information content (AvgIpc) is 3.73. The number of aromatic amines is 2. The van der Waals surface area contributed by atoms with E-state index in [9.17, 15) is 0 Å². The summed E-state index contributed by atoms with van der Waals surface area (Å²) < 4.78 is 0. The molecular formula is C30H34N8. The number of fused-ring (bicyclic) bond motifs is 2. The molecule has 1 aliphatic carbocycles. The molecule has 0 bridgehead atoms. The number of aromatic nitrogens is 6. The van der Waals surface area contributed by atoms with E-state index in [-0.39, 0.29) is 0 Å². The van der Waals surface area contributed by atoms with Gasteiger partial charge in [-0.1, -0.05) is 12.8 Å². The second-order valence-corrected chi connectivity index (χ2v) is 10.9. The maximum absolute atomic E-state index is 4.70. The van der Waals surface area contributed by atoms with E-state index in [0.29, 0.717) is 0 Å². The maximum atomic E-state index is 4.70. The van der Waals surface area contributed by atoms with Crippen LogP contribution in [0.15, 0.2) is 49.2 Å². The molecule has 1 saturated carbocycles. The highest BCUT2D eigenvalue weighted by Crippen LogP contribution is 2.34. The van der Waals surface area contributed by atoms with E-state index in [4.69, 9.17) is 4.98 Å². The lowest BCUT2D eigenvalue weighted by Gasteiger charge is -2.28. The highest BCUT2D eigenvalue weighted by atomic mass is 15.2. The molecule has 38 heavy (non-hydrogen) atoms. The monoisotopic (exact) mass is 506 g/mol. The predicted octanol–water partition coefficient (Wildman–Crippen LogP) is 5.83. The minimum atomic E-state index is 0.777. The zero-order valence-corrected chi connectivity index (χ0v) is 21.7. The Labute approximate surface area is 222 Å². The summed E-state index contributed by atoms with van der Waals surface area (Å²) >= 11 is 0. The number of nitrogens with one attached hydrogen (secondary N) is 3. The van der Waals surface area contributed by atoms with Crippen LogP contribution in [0, 0.1) is 5.92 Å². The largest absolute Gasteiger partial charge is 0.370 e. The van der Waals surface area contributed by atoms with Gasteiger partial charge in [0.15, 0.2) is 5.65 Å². The zero-order valence-electron chi connectivity index (χ0n) is 21.7. The molecule has 0 aromatic carbocycles. The Morgan fingerprint density at radius 2 is 1.68 bits per heavy atom. The van der Waals surface area contributed by atoms with Crippen molar-refractivity contribution in [2.45, 2.75) is 51.5 Å². The van der Waals surface area contributed by atoms with Crippen molar-refractivity contribution >= 4 is 27.6 Å². The van der Waals surface area contributed by atoms with Crippen LogP contribution < -0.4 is 10.2 Å². The molecule has 2 fully saturated rings. The van der Waals surface area contributed by atoms with Gasteiger partial charge in [-0.3, -0.25) is 15.1 Å². The number of hydrogen-bond acceptors (Lipinski definition) is 6. The summed E-state index contributed by atoms with van der Waals surface area (Å²) in [5, 5.41) is 13.6. The van der Waals surface area contributed by atoms with Crippen LogP contribution in [0.25, 0.3) is 44.5 Å². The van der Waals surface area contributed by atoms with Crippen LogP contribution in [-0.2, 0) is 6.54 Å². The molecule has 3 N–H and O–H groups in total. The SMILES string of the molecule is c1ncc(-c2cnc3[nH]nc(-c4cc5c(N6CCCCC6)cncc5[nH]4)c3c2)cc1CNCC1CCCC1. The van der Waals surface area contributed by atoms with E-state index in [2.05, 4.69) is 53.6 Å². The first-order valence-electron chi connectivity index (χ1n) is 14.0. The lowest BCUT2D eigenvalue weighted by molar-refractivity contribution is 0.489. The van der Waals surface area contributed by atoms with Crippen LogP contribution in [0.3, 0.4) is 0 Å². The average molecular weight is 507 g/mol. The van der Waals surface area contributed by atoms with Gasteiger partial charge in [0.2, 0.25) is 0 Å². The number of nitrogens with zero attached hydrogens (tertiary/aromatic N) is 5. The van der Waals surface area contributed by atoms with Crippen LogP contribution in [0.5, 0.6) is 0 Å². The molecule has 0 spiro atoms. The smallest absolute Gasteiger partial charge is 0.155 e. The van der Waals surface area contributed by atoms with Crippen molar-refractivity contribution in [2.75, 3.05) is 24.5 Å². The third-order valence-electron chi connectivity index (χ3n) is 8.26. The van der Waals surface area contributed by atoms with E-state index in [0.717, 1.165) is 71.2 Å². The number of piperidine rings is 1. The van der Waals surface area contributed by atoms with Gasteiger partial charge in [0.05, 0.1) is 29.3 Å². The highest BCUT2D eigenvalue weighted by Gasteiger charge is 2.19. The van der Waals surface area contributed by atoms with Crippen molar-refractivity contribution in [3.05, 3.63) is 54.7 Å². The molecule has 0 radical (unpaired) electrons. The van der Waals surface area contributed by atoms with Gasteiger partial charge in [-0.05, 0) is 68.3 Å². The molecule has 194 valence electrons. The molecule has 7 rings (SSSR count). The number of anilines is 1. The summed E-state index contributed by atoms with van der Waals surface area (Å²) in [5.74, 6) is 0.827. The number of pyridine rings is 3. The van der Waals surface area contributed by atoms with Gasteiger partial charge in [0, 0.05) is 60.1 Å². The van der Waals surface area contributed by atoms with Crippen LogP contribution in [0.2, 0.25) is 0 Å². The summed E-state index contributed by atoms with van der Waals surface area (Å²) in [4.78, 5) is 19.8. The van der Waals surface area contributed by atoms with Gasteiger partial charge in [0.1, 0.15) is 5.69 Å². The van der Waals surface area contributed by atoms with Gasteiger partial charge in [0.25, 0.3) is 0 Å². The summed E-state index contributed by atoms with van der Waals surface area (Å²) in [6.45, 7) is 4.11. The quantitative estimate of drug-likeness (QED) is 0.257. The van der Waals surface area contributed by atoms with E-state index in [1.54, 1.807) is 0 Å². The summed E-state index contributed by atoms with van der Waals surface area (Å²) in [6, 6.07) is 6.60.